The Hall–Kier alpha value is -3.87. The van der Waals surface area contributed by atoms with Crippen molar-refractivity contribution in [2.75, 3.05) is 18.1 Å². The molecular formula is C21H16N6O. The fourth-order valence-corrected chi connectivity index (χ4v) is 3.72. The molecule has 136 valence electrons. The molecule has 0 radical (unpaired) electrons. The van der Waals surface area contributed by atoms with E-state index in [9.17, 15) is 0 Å². The molecule has 1 aliphatic rings. The van der Waals surface area contributed by atoms with Crippen molar-refractivity contribution in [1.82, 2.24) is 24.6 Å². The number of aromatic amines is 1. The van der Waals surface area contributed by atoms with Gasteiger partial charge in [-0.1, -0.05) is 24.3 Å². The highest BCUT2D eigenvalue weighted by molar-refractivity contribution is 5.84. The van der Waals surface area contributed by atoms with Crippen LogP contribution in [-0.4, -0.2) is 37.7 Å². The third-order valence-electron chi connectivity index (χ3n) is 5.08. The summed E-state index contributed by atoms with van der Waals surface area (Å²) in [6.45, 7) is 1.32. The zero-order valence-corrected chi connectivity index (χ0v) is 14.9. The third kappa shape index (κ3) is 2.26. The zero-order chi connectivity index (χ0) is 18.5. The van der Waals surface area contributed by atoms with E-state index in [0.29, 0.717) is 6.61 Å². The Morgan fingerprint density at radius 2 is 2.07 bits per heavy atom. The predicted octanol–water partition coefficient (Wildman–Crippen LogP) is 3.80. The molecule has 2 aromatic carbocycles. The first kappa shape index (κ1) is 15.2. The summed E-state index contributed by atoms with van der Waals surface area (Å²) in [5.41, 5.74) is 4.72. The summed E-state index contributed by atoms with van der Waals surface area (Å²) in [6, 6.07) is 14.2. The van der Waals surface area contributed by atoms with E-state index < -0.39 is 0 Å². The molecule has 7 heteroatoms. The highest BCUT2D eigenvalue weighted by atomic mass is 16.5. The second-order valence-corrected chi connectivity index (χ2v) is 6.75. The lowest BCUT2D eigenvalue weighted by Crippen LogP contribution is -2.29. The maximum absolute atomic E-state index is 5.82. The number of aromatic nitrogens is 5. The highest BCUT2D eigenvalue weighted by Crippen LogP contribution is 2.37. The highest BCUT2D eigenvalue weighted by Gasteiger charge is 2.23. The van der Waals surface area contributed by atoms with E-state index in [0.717, 1.165) is 51.6 Å². The van der Waals surface area contributed by atoms with Gasteiger partial charge in [-0.25, -0.2) is 9.97 Å². The molecule has 0 saturated heterocycles. The van der Waals surface area contributed by atoms with Gasteiger partial charge in [0.15, 0.2) is 11.5 Å². The first-order chi connectivity index (χ1) is 13.9. The number of imidazole rings is 1. The lowest BCUT2D eigenvalue weighted by molar-refractivity contribution is 0.314. The number of anilines is 2. The Morgan fingerprint density at radius 3 is 3.07 bits per heavy atom. The van der Waals surface area contributed by atoms with Gasteiger partial charge in [0, 0.05) is 29.5 Å². The fourth-order valence-electron chi connectivity index (χ4n) is 3.72. The molecule has 1 aliphatic heterocycles. The average molecular weight is 368 g/mol. The number of fused-ring (bicyclic) bond motifs is 3. The summed E-state index contributed by atoms with van der Waals surface area (Å²) in [4.78, 5) is 11.7. The molecule has 4 heterocycles. The predicted molar refractivity (Wildman–Crippen MR) is 107 cm³/mol. The second kappa shape index (κ2) is 5.82. The molecule has 0 aliphatic carbocycles. The minimum absolute atomic E-state index is 0.607. The molecule has 0 saturated carbocycles. The molecule has 0 unspecified atom stereocenters. The Bertz CT molecular complexity index is 1320. The van der Waals surface area contributed by atoms with Gasteiger partial charge >= 0.3 is 0 Å². The SMILES string of the molecule is c1ccc2c(c1)OCCN2c1nc(-c2ccc3cn[nH]c3c2)cn2ccnc12. The average Bonchev–Trinajstić information content (AvgIpc) is 3.41. The number of ether oxygens (including phenoxy) is 1. The van der Waals surface area contributed by atoms with E-state index in [4.69, 9.17) is 9.72 Å². The molecular weight excluding hydrogens is 352 g/mol. The summed E-state index contributed by atoms with van der Waals surface area (Å²) in [5.74, 6) is 1.69. The van der Waals surface area contributed by atoms with Crippen molar-refractivity contribution in [3.8, 4) is 17.0 Å². The number of benzene rings is 2. The van der Waals surface area contributed by atoms with Gasteiger partial charge in [-0.15, -0.1) is 0 Å². The summed E-state index contributed by atoms with van der Waals surface area (Å²) >= 11 is 0. The van der Waals surface area contributed by atoms with Crippen LogP contribution in [0.2, 0.25) is 0 Å². The van der Waals surface area contributed by atoms with Crippen LogP contribution in [0, 0.1) is 0 Å². The molecule has 7 nitrogen and oxygen atoms in total. The monoisotopic (exact) mass is 368 g/mol. The maximum Gasteiger partial charge on any atom is 0.180 e. The van der Waals surface area contributed by atoms with E-state index in [2.05, 4.69) is 44.3 Å². The smallest absolute Gasteiger partial charge is 0.180 e. The lowest BCUT2D eigenvalue weighted by atomic mass is 10.1. The first-order valence-electron chi connectivity index (χ1n) is 9.13. The summed E-state index contributed by atoms with van der Waals surface area (Å²) in [5, 5.41) is 8.22. The van der Waals surface area contributed by atoms with Crippen LogP contribution >= 0.6 is 0 Å². The third-order valence-corrected chi connectivity index (χ3v) is 5.08. The largest absolute Gasteiger partial charge is 0.490 e. The van der Waals surface area contributed by atoms with Crippen LogP contribution in [0.5, 0.6) is 5.75 Å². The van der Waals surface area contributed by atoms with Crippen molar-refractivity contribution in [1.29, 1.82) is 0 Å². The van der Waals surface area contributed by atoms with E-state index in [1.807, 2.05) is 41.2 Å². The van der Waals surface area contributed by atoms with Crippen LogP contribution in [0.4, 0.5) is 11.5 Å². The quantitative estimate of drug-likeness (QED) is 0.513. The first-order valence-corrected chi connectivity index (χ1v) is 9.13. The van der Waals surface area contributed by atoms with Crippen molar-refractivity contribution in [2.45, 2.75) is 0 Å². The van der Waals surface area contributed by atoms with Gasteiger partial charge in [-0.3, -0.25) is 5.10 Å². The second-order valence-electron chi connectivity index (χ2n) is 6.75. The van der Waals surface area contributed by atoms with Gasteiger partial charge in [0.25, 0.3) is 0 Å². The molecule has 0 spiro atoms. The number of rotatable bonds is 2. The van der Waals surface area contributed by atoms with Crippen LogP contribution in [0.3, 0.4) is 0 Å². The van der Waals surface area contributed by atoms with Crippen molar-refractivity contribution >= 4 is 28.1 Å². The van der Waals surface area contributed by atoms with Crippen LogP contribution in [-0.2, 0) is 0 Å². The standard InChI is InChI=1S/C21H16N6O/c1-2-4-19-18(3-1)27(9-10-28-19)21-20-22-7-8-26(20)13-17(24-21)14-5-6-15-12-23-25-16(15)11-14/h1-8,11-13H,9-10H2,(H,23,25). The van der Waals surface area contributed by atoms with E-state index in [-0.39, 0.29) is 0 Å². The van der Waals surface area contributed by atoms with Crippen molar-refractivity contribution in [3.63, 3.8) is 0 Å². The van der Waals surface area contributed by atoms with Gasteiger partial charge in [0.1, 0.15) is 12.4 Å². The van der Waals surface area contributed by atoms with Gasteiger partial charge in [0.2, 0.25) is 0 Å². The summed E-state index contributed by atoms with van der Waals surface area (Å²) in [7, 11) is 0. The number of nitrogens with one attached hydrogen (secondary N) is 1. The molecule has 1 N–H and O–H groups in total. The summed E-state index contributed by atoms with van der Waals surface area (Å²) in [6.07, 6.45) is 7.58. The molecule has 0 fully saturated rings. The van der Waals surface area contributed by atoms with E-state index in [1.165, 1.54) is 0 Å². The van der Waals surface area contributed by atoms with Crippen LogP contribution in [0.15, 0.2) is 67.3 Å². The minimum Gasteiger partial charge on any atom is -0.490 e. The van der Waals surface area contributed by atoms with Gasteiger partial charge in [0.05, 0.1) is 29.6 Å². The van der Waals surface area contributed by atoms with Crippen molar-refractivity contribution in [2.24, 2.45) is 0 Å². The van der Waals surface area contributed by atoms with Gasteiger partial charge in [-0.2, -0.15) is 5.10 Å². The maximum atomic E-state index is 5.82. The molecule has 0 bridgehead atoms. The van der Waals surface area contributed by atoms with Crippen LogP contribution in [0.25, 0.3) is 27.8 Å². The molecule has 0 amide bonds. The van der Waals surface area contributed by atoms with Crippen LogP contribution < -0.4 is 9.64 Å². The summed E-state index contributed by atoms with van der Waals surface area (Å²) < 4.78 is 7.84. The Kier molecular flexibility index (Phi) is 3.16. The molecule has 3 aromatic heterocycles. The van der Waals surface area contributed by atoms with Crippen molar-refractivity contribution < 1.29 is 4.74 Å². The van der Waals surface area contributed by atoms with Crippen molar-refractivity contribution in [3.05, 3.63) is 67.3 Å². The number of nitrogens with zero attached hydrogens (tertiary/aromatic N) is 5. The number of H-pyrrole nitrogens is 1. The lowest BCUT2D eigenvalue weighted by Gasteiger charge is -2.30. The van der Waals surface area contributed by atoms with E-state index in [1.54, 1.807) is 6.20 Å². The number of hydrogen-bond acceptors (Lipinski definition) is 5. The fraction of sp³-hybridized carbons (Fsp3) is 0.0952. The minimum atomic E-state index is 0.607. The Morgan fingerprint density at radius 1 is 1.11 bits per heavy atom. The molecule has 5 aromatic rings. The Labute approximate surface area is 160 Å². The van der Waals surface area contributed by atoms with Crippen LogP contribution in [0.1, 0.15) is 0 Å². The zero-order valence-electron chi connectivity index (χ0n) is 14.9. The molecule has 0 atom stereocenters. The van der Waals surface area contributed by atoms with E-state index >= 15 is 0 Å². The molecule has 28 heavy (non-hydrogen) atoms. The number of hydrogen-bond donors (Lipinski definition) is 1. The molecule has 6 rings (SSSR count). The van der Waals surface area contributed by atoms with Gasteiger partial charge < -0.3 is 14.0 Å². The normalized spacial score (nSPS) is 13.6. The number of para-hydroxylation sites is 2. The van der Waals surface area contributed by atoms with Gasteiger partial charge in [-0.05, 0) is 18.2 Å². The topological polar surface area (TPSA) is 71.3 Å². The Balaban J connectivity index is 1.56.